The smallest absolute Gasteiger partial charge is 0.252 e. The van der Waals surface area contributed by atoms with Crippen LogP contribution in [0.3, 0.4) is 0 Å². The first-order valence-electron chi connectivity index (χ1n) is 7.62. The number of aromatic nitrogens is 1. The molecule has 1 aliphatic carbocycles. The Balaban J connectivity index is 1.70. The minimum atomic E-state index is -0.440. The van der Waals surface area contributed by atoms with Gasteiger partial charge in [-0.3, -0.25) is 14.5 Å². The summed E-state index contributed by atoms with van der Waals surface area (Å²) in [4.78, 5) is 31.8. The van der Waals surface area contributed by atoms with Crippen molar-refractivity contribution in [3.8, 4) is 0 Å². The van der Waals surface area contributed by atoms with Crippen LogP contribution in [0.4, 0.5) is 5.13 Å². The van der Waals surface area contributed by atoms with Gasteiger partial charge in [-0.2, -0.15) is 0 Å². The normalized spacial score (nSPS) is 23.9. The fraction of sp³-hybridized carbons (Fsp3) is 0.667. The second-order valence-electron chi connectivity index (χ2n) is 5.96. The number of anilines is 1. The lowest BCUT2D eigenvalue weighted by Gasteiger charge is -2.29. The molecule has 0 aromatic carbocycles. The molecule has 1 unspecified atom stereocenters. The third kappa shape index (κ3) is 2.81. The van der Waals surface area contributed by atoms with Crippen LogP contribution in [0.5, 0.6) is 0 Å². The zero-order chi connectivity index (χ0) is 15.0. The fourth-order valence-corrected chi connectivity index (χ4v) is 4.04. The van der Waals surface area contributed by atoms with Crippen molar-refractivity contribution < 1.29 is 9.59 Å². The van der Waals surface area contributed by atoms with E-state index >= 15 is 0 Å². The maximum Gasteiger partial charge on any atom is 0.252 e. The number of rotatable bonds is 3. The third-order valence-electron chi connectivity index (χ3n) is 4.45. The van der Waals surface area contributed by atoms with Crippen molar-refractivity contribution in [2.24, 2.45) is 0 Å². The quantitative estimate of drug-likeness (QED) is 0.872. The van der Waals surface area contributed by atoms with Crippen LogP contribution in [0.25, 0.3) is 0 Å². The van der Waals surface area contributed by atoms with E-state index < -0.39 is 6.04 Å². The van der Waals surface area contributed by atoms with Gasteiger partial charge in [0.2, 0.25) is 5.91 Å². The summed E-state index contributed by atoms with van der Waals surface area (Å²) in [6.45, 7) is 3.96. The molecule has 1 N–H and O–H groups in total. The highest BCUT2D eigenvalue weighted by Gasteiger charge is 2.42. The zero-order valence-corrected chi connectivity index (χ0v) is 13.3. The number of carbonyl (C=O) groups is 2. The summed E-state index contributed by atoms with van der Waals surface area (Å²) in [6.07, 6.45) is 5.62. The van der Waals surface area contributed by atoms with Crippen LogP contribution in [-0.2, 0) is 9.59 Å². The lowest BCUT2D eigenvalue weighted by molar-refractivity contribution is -0.141. The lowest BCUT2D eigenvalue weighted by atomic mass is 9.94. The van der Waals surface area contributed by atoms with E-state index in [1.807, 2.05) is 13.8 Å². The number of hydrogen-bond donors (Lipinski definition) is 1. The first kappa shape index (κ1) is 14.5. The van der Waals surface area contributed by atoms with E-state index in [0.29, 0.717) is 0 Å². The van der Waals surface area contributed by atoms with Gasteiger partial charge in [0.25, 0.3) is 5.91 Å². The SMILES string of the molecule is Cc1nc(NC2CC(=O)N(C3CCCCC3)C2=O)sc1C. The molecule has 6 heteroatoms. The first-order chi connectivity index (χ1) is 10.1. The van der Waals surface area contributed by atoms with Gasteiger partial charge in [-0.05, 0) is 26.7 Å². The Morgan fingerprint density at radius 3 is 2.52 bits per heavy atom. The molecule has 2 fully saturated rings. The summed E-state index contributed by atoms with van der Waals surface area (Å²) < 4.78 is 0. The number of likely N-dealkylation sites (tertiary alicyclic amines) is 1. The summed E-state index contributed by atoms with van der Waals surface area (Å²) in [6, 6.07) is -0.324. The summed E-state index contributed by atoms with van der Waals surface area (Å²) in [5, 5.41) is 3.88. The van der Waals surface area contributed by atoms with Crippen LogP contribution in [0, 0.1) is 13.8 Å². The van der Waals surface area contributed by atoms with Crippen molar-refractivity contribution in [2.75, 3.05) is 5.32 Å². The van der Waals surface area contributed by atoms with E-state index in [-0.39, 0.29) is 24.3 Å². The summed E-state index contributed by atoms with van der Waals surface area (Å²) in [7, 11) is 0. The van der Waals surface area contributed by atoms with Gasteiger partial charge in [0.1, 0.15) is 6.04 Å². The van der Waals surface area contributed by atoms with Crippen molar-refractivity contribution in [1.29, 1.82) is 0 Å². The van der Waals surface area contributed by atoms with Crippen LogP contribution >= 0.6 is 11.3 Å². The van der Waals surface area contributed by atoms with Gasteiger partial charge in [0, 0.05) is 10.9 Å². The highest BCUT2D eigenvalue weighted by Crippen LogP contribution is 2.29. The summed E-state index contributed by atoms with van der Waals surface area (Å²) in [5.74, 6) is -0.105. The Kier molecular flexibility index (Phi) is 3.97. The molecule has 1 saturated carbocycles. The average molecular weight is 307 g/mol. The molecule has 114 valence electrons. The average Bonchev–Trinajstić information content (AvgIpc) is 2.91. The molecular formula is C15H21N3O2S. The molecule has 21 heavy (non-hydrogen) atoms. The zero-order valence-electron chi connectivity index (χ0n) is 12.5. The fourth-order valence-electron chi connectivity index (χ4n) is 3.17. The van der Waals surface area contributed by atoms with Gasteiger partial charge in [0.05, 0.1) is 12.1 Å². The number of thiazole rings is 1. The van der Waals surface area contributed by atoms with Gasteiger partial charge < -0.3 is 5.32 Å². The molecule has 2 aliphatic rings. The van der Waals surface area contributed by atoms with Crippen LogP contribution in [0.2, 0.25) is 0 Å². The molecule has 0 bridgehead atoms. The Morgan fingerprint density at radius 2 is 1.90 bits per heavy atom. The molecule has 1 saturated heterocycles. The van der Waals surface area contributed by atoms with Crippen LogP contribution in [0.15, 0.2) is 0 Å². The van der Waals surface area contributed by atoms with E-state index in [1.165, 1.54) is 22.7 Å². The van der Waals surface area contributed by atoms with Crippen molar-refractivity contribution in [3.05, 3.63) is 10.6 Å². The van der Waals surface area contributed by atoms with E-state index in [0.717, 1.165) is 41.4 Å². The maximum atomic E-state index is 12.5. The Hall–Kier alpha value is -1.43. The molecule has 0 radical (unpaired) electrons. The number of nitrogens with zero attached hydrogens (tertiary/aromatic N) is 2. The predicted molar refractivity (Wildman–Crippen MR) is 82.3 cm³/mol. The number of carbonyl (C=O) groups excluding carboxylic acids is 2. The van der Waals surface area contributed by atoms with Gasteiger partial charge in [-0.15, -0.1) is 11.3 Å². The highest BCUT2D eigenvalue weighted by atomic mass is 32.1. The van der Waals surface area contributed by atoms with Crippen molar-refractivity contribution in [3.63, 3.8) is 0 Å². The minimum absolute atomic E-state index is 0.0330. The van der Waals surface area contributed by atoms with Gasteiger partial charge in [0.15, 0.2) is 5.13 Å². The molecule has 0 spiro atoms. The van der Waals surface area contributed by atoms with Crippen molar-refractivity contribution >= 4 is 28.3 Å². The number of imide groups is 1. The Morgan fingerprint density at radius 1 is 1.19 bits per heavy atom. The number of nitrogens with one attached hydrogen (secondary N) is 1. The van der Waals surface area contributed by atoms with E-state index in [2.05, 4.69) is 10.3 Å². The second kappa shape index (κ2) is 5.75. The molecule has 1 aromatic rings. The van der Waals surface area contributed by atoms with Crippen LogP contribution in [0.1, 0.15) is 49.1 Å². The Bertz CT molecular complexity index is 544. The first-order valence-corrected chi connectivity index (χ1v) is 8.44. The van der Waals surface area contributed by atoms with Crippen LogP contribution in [-0.4, -0.2) is 33.8 Å². The molecule has 1 aromatic heterocycles. The molecule has 1 aliphatic heterocycles. The topological polar surface area (TPSA) is 62.3 Å². The monoisotopic (exact) mass is 307 g/mol. The van der Waals surface area contributed by atoms with Gasteiger partial charge >= 0.3 is 0 Å². The standard InChI is InChI=1S/C15H21N3O2S/c1-9-10(2)21-15(16-9)17-12-8-13(19)18(14(12)20)11-6-4-3-5-7-11/h11-12H,3-8H2,1-2H3,(H,16,17). The predicted octanol–water partition coefficient (Wildman–Crippen LogP) is 2.63. The minimum Gasteiger partial charge on any atom is -0.349 e. The molecule has 3 rings (SSSR count). The van der Waals surface area contributed by atoms with E-state index in [9.17, 15) is 9.59 Å². The van der Waals surface area contributed by atoms with Crippen LogP contribution < -0.4 is 5.32 Å². The maximum absolute atomic E-state index is 12.5. The van der Waals surface area contributed by atoms with E-state index in [4.69, 9.17) is 0 Å². The summed E-state index contributed by atoms with van der Waals surface area (Å²) >= 11 is 1.54. The lowest BCUT2D eigenvalue weighted by Crippen LogP contribution is -2.43. The molecule has 1 atom stereocenters. The largest absolute Gasteiger partial charge is 0.349 e. The van der Waals surface area contributed by atoms with Gasteiger partial charge in [-0.25, -0.2) is 4.98 Å². The summed E-state index contributed by atoms with van der Waals surface area (Å²) in [5.41, 5.74) is 0.975. The molecule has 5 nitrogen and oxygen atoms in total. The second-order valence-corrected chi connectivity index (χ2v) is 7.16. The highest BCUT2D eigenvalue weighted by molar-refractivity contribution is 7.15. The number of hydrogen-bond acceptors (Lipinski definition) is 5. The Labute approximate surface area is 128 Å². The van der Waals surface area contributed by atoms with E-state index in [1.54, 1.807) is 0 Å². The number of amides is 2. The third-order valence-corrected chi connectivity index (χ3v) is 5.45. The molecular weight excluding hydrogens is 286 g/mol. The van der Waals surface area contributed by atoms with Gasteiger partial charge in [-0.1, -0.05) is 19.3 Å². The number of aryl methyl sites for hydroxylation is 2. The van der Waals surface area contributed by atoms with Crippen molar-refractivity contribution in [2.45, 2.75) is 64.5 Å². The molecule has 2 amide bonds. The van der Waals surface area contributed by atoms with Crippen molar-refractivity contribution in [1.82, 2.24) is 9.88 Å². The molecule has 2 heterocycles.